The lowest BCUT2D eigenvalue weighted by molar-refractivity contribution is 0.0816. The van der Waals surface area contributed by atoms with Crippen LogP contribution in [0.15, 0.2) is 65.8 Å². The molecule has 33 heavy (non-hydrogen) atoms. The fourth-order valence-electron chi connectivity index (χ4n) is 3.78. The van der Waals surface area contributed by atoms with Gasteiger partial charge in [0.15, 0.2) is 0 Å². The number of guanidine groups is 1. The van der Waals surface area contributed by atoms with E-state index in [-0.39, 0.29) is 11.9 Å². The maximum atomic E-state index is 12.5. The first kappa shape index (κ1) is 22.0. The summed E-state index contributed by atoms with van der Waals surface area (Å²) in [4.78, 5) is 34.8. The van der Waals surface area contributed by atoms with Crippen LogP contribution < -0.4 is 16.0 Å². The van der Waals surface area contributed by atoms with Crippen LogP contribution in [0.3, 0.4) is 0 Å². The number of nitrogens with zero attached hydrogens (tertiary/aromatic N) is 3. The summed E-state index contributed by atoms with van der Waals surface area (Å²) in [5.41, 5.74) is 6.04. The fourth-order valence-corrected chi connectivity index (χ4v) is 3.78. The fraction of sp³-hybridized carbons (Fsp3) is 0.200. The van der Waals surface area contributed by atoms with Crippen LogP contribution in [-0.4, -0.2) is 48.4 Å². The van der Waals surface area contributed by atoms with Crippen molar-refractivity contribution in [3.63, 3.8) is 0 Å². The highest BCUT2D eigenvalue weighted by Gasteiger charge is 2.24. The summed E-state index contributed by atoms with van der Waals surface area (Å²) in [6.45, 7) is 2.99. The summed E-state index contributed by atoms with van der Waals surface area (Å²) in [6.07, 6.45) is 1.73. The molecule has 8 heteroatoms. The van der Waals surface area contributed by atoms with E-state index in [0.717, 1.165) is 39.2 Å². The molecule has 0 spiro atoms. The van der Waals surface area contributed by atoms with Gasteiger partial charge in [-0.1, -0.05) is 24.3 Å². The second-order valence-electron chi connectivity index (χ2n) is 7.69. The second kappa shape index (κ2) is 9.52. The normalized spacial score (nSPS) is 13.0. The van der Waals surface area contributed by atoms with E-state index >= 15 is 0 Å². The third kappa shape index (κ3) is 4.69. The van der Waals surface area contributed by atoms with Crippen molar-refractivity contribution in [3.05, 3.63) is 71.9 Å². The first-order valence-electron chi connectivity index (χ1n) is 10.7. The van der Waals surface area contributed by atoms with Crippen molar-refractivity contribution < 1.29 is 9.59 Å². The van der Waals surface area contributed by atoms with E-state index < -0.39 is 0 Å². The number of aliphatic imine (C=N–C) groups is 1. The maximum absolute atomic E-state index is 12.5. The Morgan fingerprint density at radius 1 is 1.09 bits per heavy atom. The van der Waals surface area contributed by atoms with Crippen molar-refractivity contribution >= 4 is 23.6 Å². The summed E-state index contributed by atoms with van der Waals surface area (Å²) in [6, 6.07) is 17.3. The Hall–Kier alpha value is -4.20. The third-order valence-electron chi connectivity index (χ3n) is 5.43. The predicted molar refractivity (Wildman–Crippen MR) is 130 cm³/mol. The second-order valence-corrected chi connectivity index (χ2v) is 7.69. The Morgan fingerprint density at radius 2 is 1.85 bits per heavy atom. The first-order valence-corrected chi connectivity index (χ1v) is 10.7. The molecule has 0 bridgehead atoms. The summed E-state index contributed by atoms with van der Waals surface area (Å²) in [5.74, 6) is 0.354. The third-order valence-corrected chi connectivity index (χ3v) is 5.43. The van der Waals surface area contributed by atoms with E-state index in [1.807, 2.05) is 68.6 Å². The molecule has 0 radical (unpaired) electrons. The van der Waals surface area contributed by atoms with E-state index in [9.17, 15) is 9.59 Å². The van der Waals surface area contributed by atoms with Crippen LogP contribution in [-0.2, 0) is 6.54 Å². The first-order chi connectivity index (χ1) is 16.0. The molecule has 0 fully saturated rings. The number of carbonyl (C=O) groups excluding carboxylic acids is 2. The number of rotatable bonds is 4. The van der Waals surface area contributed by atoms with Crippen molar-refractivity contribution in [2.75, 3.05) is 26.0 Å². The van der Waals surface area contributed by atoms with Crippen molar-refractivity contribution in [1.29, 1.82) is 0 Å². The minimum Gasteiger partial charge on any atom is -0.338 e. The average molecular weight is 443 g/mol. The van der Waals surface area contributed by atoms with Crippen molar-refractivity contribution in [1.82, 2.24) is 20.5 Å². The van der Waals surface area contributed by atoms with Gasteiger partial charge in [0.1, 0.15) is 0 Å². The number of fused-ring (bicyclic) bond motifs is 1. The molecule has 0 atom stereocenters. The minimum atomic E-state index is -0.339. The van der Waals surface area contributed by atoms with Gasteiger partial charge in [-0.15, -0.1) is 0 Å². The molecule has 1 aliphatic rings. The molecule has 4 rings (SSSR count). The van der Waals surface area contributed by atoms with Crippen LogP contribution in [0.25, 0.3) is 22.4 Å². The number of anilines is 1. The summed E-state index contributed by atoms with van der Waals surface area (Å²) >= 11 is 0. The van der Waals surface area contributed by atoms with Gasteiger partial charge in [-0.2, -0.15) is 0 Å². The number of carbonyl (C=O) groups is 2. The van der Waals surface area contributed by atoms with Crippen molar-refractivity contribution in [2.24, 2.45) is 4.99 Å². The highest BCUT2D eigenvalue weighted by molar-refractivity contribution is 6.05. The summed E-state index contributed by atoms with van der Waals surface area (Å²) < 4.78 is 0. The van der Waals surface area contributed by atoms with Gasteiger partial charge in [-0.3, -0.25) is 20.1 Å². The Morgan fingerprint density at radius 3 is 2.55 bits per heavy atom. The lowest BCUT2D eigenvalue weighted by Gasteiger charge is -2.16. The lowest BCUT2D eigenvalue weighted by Crippen LogP contribution is -2.42. The van der Waals surface area contributed by atoms with Crippen LogP contribution in [0.2, 0.25) is 0 Å². The number of aromatic nitrogens is 1. The Kier molecular flexibility index (Phi) is 6.35. The monoisotopic (exact) mass is 442 g/mol. The molecule has 0 saturated heterocycles. The molecule has 0 saturated carbocycles. The molecular weight excluding hydrogens is 416 g/mol. The van der Waals surface area contributed by atoms with Gasteiger partial charge in [0, 0.05) is 44.5 Å². The van der Waals surface area contributed by atoms with Gasteiger partial charge < -0.3 is 15.5 Å². The highest BCUT2D eigenvalue weighted by atomic mass is 16.2. The van der Waals surface area contributed by atoms with Gasteiger partial charge >= 0.3 is 6.03 Å². The highest BCUT2D eigenvalue weighted by Crippen LogP contribution is 2.34. The number of benzene rings is 2. The van der Waals surface area contributed by atoms with Gasteiger partial charge in [-0.05, 0) is 53.9 Å². The van der Waals surface area contributed by atoms with E-state index in [2.05, 4.69) is 25.9 Å². The number of hydrogen-bond donors (Lipinski definition) is 3. The Bertz CT molecular complexity index is 1220. The summed E-state index contributed by atoms with van der Waals surface area (Å²) in [7, 11) is 3.41. The molecule has 2 heterocycles. The maximum Gasteiger partial charge on any atom is 0.321 e. The molecule has 168 valence electrons. The summed E-state index contributed by atoms with van der Waals surface area (Å²) in [5, 5.41) is 8.59. The SMILES string of the molecule is CCNC(=O)NC(=NC)Nc1ccc(-c2ccc3c(c2)C(=O)N(C)C3)cc1-c1ccccn1. The molecule has 0 aliphatic carbocycles. The molecular formula is C25H26N6O2. The number of nitrogens with one attached hydrogen (secondary N) is 3. The molecule has 0 unspecified atom stereocenters. The van der Waals surface area contributed by atoms with Crippen molar-refractivity contribution in [2.45, 2.75) is 13.5 Å². The molecule has 1 aliphatic heterocycles. The van der Waals surface area contributed by atoms with Crippen LogP contribution in [0.1, 0.15) is 22.8 Å². The van der Waals surface area contributed by atoms with Crippen LogP contribution in [0.4, 0.5) is 10.5 Å². The largest absolute Gasteiger partial charge is 0.338 e. The van der Waals surface area contributed by atoms with Gasteiger partial charge in [0.05, 0.1) is 11.4 Å². The average Bonchev–Trinajstić information content (AvgIpc) is 3.12. The van der Waals surface area contributed by atoms with Crippen LogP contribution >= 0.6 is 0 Å². The zero-order valence-electron chi connectivity index (χ0n) is 18.8. The molecule has 8 nitrogen and oxygen atoms in total. The predicted octanol–water partition coefficient (Wildman–Crippen LogP) is 3.72. The number of pyridine rings is 1. The van der Waals surface area contributed by atoms with Gasteiger partial charge in [-0.25, -0.2) is 4.79 Å². The lowest BCUT2D eigenvalue weighted by atomic mass is 9.97. The molecule has 1 aromatic heterocycles. The molecule has 3 amide bonds. The molecule has 3 N–H and O–H groups in total. The molecule has 2 aromatic carbocycles. The quantitative estimate of drug-likeness (QED) is 0.424. The smallest absolute Gasteiger partial charge is 0.321 e. The van der Waals surface area contributed by atoms with Gasteiger partial charge in [0.25, 0.3) is 5.91 Å². The van der Waals surface area contributed by atoms with E-state index in [0.29, 0.717) is 19.0 Å². The number of amides is 3. The van der Waals surface area contributed by atoms with Crippen molar-refractivity contribution in [3.8, 4) is 22.4 Å². The van der Waals surface area contributed by atoms with E-state index in [1.54, 1.807) is 18.1 Å². The molecule has 3 aromatic rings. The van der Waals surface area contributed by atoms with Gasteiger partial charge in [0.2, 0.25) is 5.96 Å². The topological polar surface area (TPSA) is 98.7 Å². The zero-order chi connectivity index (χ0) is 23.4. The van der Waals surface area contributed by atoms with Crippen LogP contribution in [0, 0.1) is 0 Å². The van der Waals surface area contributed by atoms with Crippen LogP contribution in [0.5, 0.6) is 0 Å². The van der Waals surface area contributed by atoms with E-state index in [4.69, 9.17) is 0 Å². The standard InChI is InChI=1S/C25H26N6O2/c1-4-27-25(33)30-24(26-2)29-22-11-10-17(14-20(22)21-7-5-6-12-28-21)16-8-9-18-15-31(3)23(32)19(18)13-16/h5-14H,4,15H2,1-3H3,(H3,26,27,29,30,33). The number of urea groups is 1. The zero-order valence-corrected chi connectivity index (χ0v) is 18.8. The Balaban J connectivity index is 1.71. The Labute approximate surface area is 192 Å². The van der Waals surface area contributed by atoms with E-state index in [1.165, 1.54) is 0 Å². The minimum absolute atomic E-state index is 0.0373. The number of hydrogen-bond acceptors (Lipinski definition) is 4.